The Balaban J connectivity index is 1.49. The molecule has 0 radical (unpaired) electrons. The third-order valence-corrected chi connectivity index (χ3v) is 6.13. The second-order valence-corrected chi connectivity index (χ2v) is 8.36. The Labute approximate surface area is 162 Å². The third kappa shape index (κ3) is 4.84. The molecule has 26 heavy (non-hydrogen) atoms. The van der Waals surface area contributed by atoms with E-state index >= 15 is 0 Å². The Morgan fingerprint density at radius 3 is 2.58 bits per heavy atom. The van der Waals surface area contributed by atoms with Gasteiger partial charge < -0.3 is 14.5 Å². The molecule has 3 rings (SSSR count). The van der Waals surface area contributed by atoms with Crippen LogP contribution >= 0.6 is 22.9 Å². The van der Waals surface area contributed by atoms with Crippen LogP contribution in [0.5, 0.6) is 0 Å². The minimum Gasteiger partial charge on any atom is -0.378 e. The second-order valence-electron chi connectivity index (χ2n) is 6.64. The van der Waals surface area contributed by atoms with Gasteiger partial charge in [0.15, 0.2) is 5.78 Å². The van der Waals surface area contributed by atoms with E-state index in [4.69, 9.17) is 16.3 Å². The fourth-order valence-electron chi connectivity index (χ4n) is 3.41. The average Bonchev–Trinajstić information content (AvgIpc) is 3.12. The number of carbonyl (C=O) groups excluding carboxylic acids is 3. The van der Waals surface area contributed by atoms with Gasteiger partial charge in [0.05, 0.1) is 28.3 Å². The Kier molecular flexibility index (Phi) is 6.67. The second kappa shape index (κ2) is 8.97. The molecule has 2 saturated heterocycles. The van der Waals surface area contributed by atoms with Crippen LogP contribution in [0.15, 0.2) is 12.1 Å². The van der Waals surface area contributed by atoms with E-state index in [-0.39, 0.29) is 36.4 Å². The van der Waals surface area contributed by atoms with Gasteiger partial charge in [0, 0.05) is 39.0 Å². The largest absolute Gasteiger partial charge is 0.378 e. The number of likely N-dealkylation sites (tertiary alicyclic amines) is 1. The maximum absolute atomic E-state index is 12.6. The van der Waals surface area contributed by atoms with Crippen molar-refractivity contribution in [3.8, 4) is 0 Å². The molecule has 142 valence electrons. The number of thiophene rings is 1. The summed E-state index contributed by atoms with van der Waals surface area (Å²) in [4.78, 5) is 41.4. The number of hydrogen-bond acceptors (Lipinski definition) is 5. The number of rotatable bonds is 5. The Hall–Kier alpha value is -1.44. The van der Waals surface area contributed by atoms with Crippen molar-refractivity contribution in [3.05, 3.63) is 21.3 Å². The Morgan fingerprint density at radius 1 is 1.12 bits per heavy atom. The van der Waals surface area contributed by atoms with Crippen molar-refractivity contribution < 1.29 is 19.1 Å². The summed E-state index contributed by atoms with van der Waals surface area (Å²) < 4.78 is 5.86. The molecule has 0 spiro atoms. The average molecular weight is 399 g/mol. The maximum atomic E-state index is 12.6. The first kappa shape index (κ1) is 19.3. The van der Waals surface area contributed by atoms with E-state index in [9.17, 15) is 14.4 Å². The zero-order valence-electron chi connectivity index (χ0n) is 14.6. The molecule has 0 saturated carbocycles. The van der Waals surface area contributed by atoms with Crippen LogP contribution < -0.4 is 0 Å². The summed E-state index contributed by atoms with van der Waals surface area (Å²) in [5.74, 6) is -0.138. The van der Waals surface area contributed by atoms with Crippen LogP contribution in [-0.2, 0) is 14.3 Å². The smallest absolute Gasteiger partial charge is 0.227 e. The lowest BCUT2D eigenvalue weighted by Gasteiger charge is -2.36. The minimum absolute atomic E-state index is 0.0551. The fourth-order valence-corrected chi connectivity index (χ4v) is 4.42. The Bertz CT molecular complexity index is 672. The zero-order chi connectivity index (χ0) is 18.5. The molecule has 8 heteroatoms. The highest BCUT2D eigenvalue weighted by Crippen LogP contribution is 2.24. The maximum Gasteiger partial charge on any atom is 0.227 e. The van der Waals surface area contributed by atoms with Crippen LogP contribution in [-0.4, -0.2) is 66.8 Å². The molecule has 1 aromatic rings. The van der Waals surface area contributed by atoms with Crippen molar-refractivity contribution in [2.24, 2.45) is 5.92 Å². The van der Waals surface area contributed by atoms with Crippen LogP contribution in [0.2, 0.25) is 4.34 Å². The number of carbonyl (C=O) groups is 3. The van der Waals surface area contributed by atoms with Crippen molar-refractivity contribution in [2.75, 3.05) is 39.4 Å². The van der Waals surface area contributed by atoms with Gasteiger partial charge in [0.2, 0.25) is 11.8 Å². The van der Waals surface area contributed by atoms with E-state index in [1.807, 2.05) is 4.90 Å². The number of piperidine rings is 1. The first-order chi connectivity index (χ1) is 12.5. The van der Waals surface area contributed by atoms with Gasteiger partial charge >= 0.3 is 0 Å². The summed E-state index contributed by atoms with van der Waals surface area (Å²) in [6, 6.07) is 3.38. The van der Waals surface area contributed by atoms with Gasteiger partial charge in [0.25, 0.3) is 0 Å². The molecule has 3 heterocycles. The van der Waals surface area contributed by atoms with Gasteiger partial charge in [-0.05, 0) is 25.0 Å². The van der Waals surface area contributed by atoms with Crippen molar-refractivity contribution in [2.45, 2.75) is 25.7 Å². The molecule has 0 bridgehead atoms. The summed E-state index contributed by atoms with van der Waals surface area (Å²) in [6.07, 6.45) is 1.98. The SMILES string of the molecule is O=C(CCC(=O)N1CCCC(C(=O)N2CCOCC2)C1)c1ccc(Cl)s1. The van der Waals surface area contributed by atoms with Crippen molar-refractivity contribution in [1.29, 1.82) is 0 Å². The number of ketones is 1. The van der Waals surface area contributed by atoms with E-state index < -0.39 is 0 Å². The summed E-state index contributed by atoms with van der Waals surface area (Å²) in [5.41, 5.74) is 0. The number of ether oxygens (including phenoxy) is 1. The fraction of sp³-hybridized carbons (Fsp3) is 0.611. The molecule has 2 amide bonds. The summed E-state index contributed by atoms with van der Waals surface area (Å²) in [6.45, 7) is 3.52. The van der Waals surface area contributed by atoms with E-state index in [2.05, 4.69) is 0 Å². The summed E-state index contributed by atoms with van der Waals surface area (Å²) >= 11 is 7.08. The first-order valence-electron chi connectivity index (χ1n) is 8.97. The lowest BCUT2D eigenvalue weighted by atomic mass is 9.96. The number of Topliss-reactive ketones (excluding diaryl/α,β-unsaturated/α-hetero) is 1. The molecule has 0 aliphatic carbocycles. The highest BCUT2D eigenvalue weighted by molar-refractivity contribution is 7.18. The van der Waals surface area contributed by atoms with Gasteiger partial charge in [-0.2, -0.15) is 0 Å². The monoisotopic (exact) mass is 398 g/mol. The van der Waals surface area contributed by atoms with Gasteiger partial charge in [-0.15, -0.1) is 11.3 Å². The highest BCUT2D eigenvalue weighted by Gasteiger charge is 2.31. The quantitative estimate of drug-likeness (QED) is 0.714. The molecule has 0 aromatic carbocycles. The Morgan fingerprint density at radius 2 is 1.88 bits per heavy atom. The molecule has 6 nitrogen and oxygen atoms in total. The van der Waals surface area contributed by atoms with E-state index in [0.29, 0.717) is 48.6 Å². The normalized spacial score (nSPS) is 20.9. The minimum atomic E-state index is -0.141. The number of halogens is 1. The lowest BCUT2D eigenvalue weighted by molar-refractivity contribution is -0.144. The van der Waals surface area contributed by atoms with E-state index in [1.165, 1.54) is 11.3 Å². The van der Waals surface area contributed by atoms with E-state index in [1.54, 1.807) is 17.0 Å². The van der Waals surface area contributed by atoms with Crippen LogP contribution in [0.25, 0.3) is 0 Å². The molecule has 2 aliphatic rings. The lowest BCUT2D eigenvalue weighted by Crippen LogP contribution is -2.49. The predicted molar refractivity (Wildman–Crippen MR) is 99.6 cm³/mol. The summed E-state index contributed by atoms with van der Waals surface area (Å²) in [7, 11) is 0. The number of hydrogen-bond donors (Lipinski definition) is 0. The molecule has 1 unspecified atom stereocenters. The standard InChI is InChI=1S/C18H23ClN2O4S/c19-16-5-4-15(26-16)14(22)3-6-17(23)21-7-1-2-13(12-21)18(24)20-8-10-25-11-9-20/h4-5,13H,1-3,6-12H2. The van der Waals surface area contributed by atoms with Crippen LogP contribution in [0, 0.1) is 5.92 Å². The van der Waals surface area contributed by atoms with Crippen molar-refractivity contribution in [3.63, 3.8) is 0 Å². The van der Waals surface area contributed by atoms with Gasteiger partial charge in [-0.3, -0.25) is 14.4 Å². The van der Waals surface area contributed by atoms with Crippen LogP contribution in [0.3, 0.4) is 0 Å². The molecular weight excluding hydrogens is 376 g/mol. The first-order valence-corrected chi connectivity index (χ1v) is 10.2. The number of morpholine rings is 1. The van der Waals surface area contributed by atoms with Gasteiger partial charge in [-0.1, -0.05) is 11.6 Å². The van der Waals surface area contributed by atoms with Gasteiger partial charge in [0.1, 0.15) is 0 Å². The van der Waals surface area contributed by atoms with E-state index in [0.717, 1.165) is 12.8 Å². The third-order valence-electron chi connectivity index (χ3n) is 4.86. The molecule has 1 aromatic heterocycles. The topological polar surface area (TPSA) is 66.9 Å². The highest BCUT2D eigenvalue weighted by atomic mass is 35.5. The number of amides is 2. The molecular formula is C18H23ClN2O4S. The van der Waals surface area contributed by atoms with Crippen LogP contribution in [0.1, 0.15) is 35.4 Å². The summed E-state index contributed by atoms with van der Waals surface area (Å²) in [5, 5.41) is 0. The predicted octanol–water partition coefficient (Wildman–Crippen LogP) is 2.46. The van der Waals surface area contributed by atoms with Crippen molar-refractivity contribution in [1.82, 2.24) is 9.80 Å². The molecule has 2 aliphatic heterocycles. The zero-order valence-corrected chi connectivity index (χ0v) is 16.2. The number of nitrogens with zero attached hydrogens (tertiary/aromatic N) is 2. The van der Waals surface area contributed by atoms with Crippen molar-refractivity contribution >= 4 is 40.5 Å². The molecule has 2 fully saturated rings. The van der Waals surface area contributed by atoms with Gasteiger partial charge in [-0.25, -0.2) is 0 Å². The molecule has 0 N–H and O–H groups in total. The van der Waals surface area contributed by atoms with Crippen LogP contribution in [0.4, 0.5) is 0 Å². The molecule has 1 atom stereocenters.